The van der Waals surface area contributed by atoms with Gasteiger partial charge >= 0.3 is 0 Å². The van der Waals surface area contributed by atoms with Gasteiger partial charge < -0.3 is 0 Å². The zero-order valence-electron chi connectivity index (χ0n) is 11.1. The molecule has 6 nitrogen and oxygen atoms in total. The van der Waals surface area contributed by atoms with Crippen molar-refractivity contribution in [3.8, 4) is 6.07 Å². The Kier molecular flexibility index (Phi) is 4.41. The molecule has 0 saturated heterocycles. The summed E-state index contributed by atoms with van der Waals surface area (Å²) in [6.07, 6.45) is 1.30. The number of hydrogen-bond donors (Lipinski definition) is 1. The molecule has 0 aliphatic rings. The second kappa shape index (κ2) is 5.79. The maximum absolute atomic E-state index is 12.5. The predicted molar refractivity (Wildman–Crippen MR) is 85.3 cm³/mol. The molecule has 21 heavy (non-hydrogen) atoms. The Balaban J connectivity index is 2.51. The Morgan fingerprint density at radius 2 is 2.00 bits per heavy atom. The number of aromatic nitrogens is 2. The average Bonchev–Trinajstić information content (AvgIpc) is 2.74. The summed E-state index contributed by atoms with van der Waals surface area (Å²) in [5.74, 6) is 0.126. The van der Waals surface area contributed by atoms with Gasteiger partial charge in [0.15, 0.2) is 5.82 Å². The summed E-state index contributed by atoms with van der Waals surface area (Å²) in [4.78, 5) is 0.0741. The van der Waals surface area contributed by atoms with Crippen LogP contribution >= 0.6 is 31.9 Å². The van der Waals surface area contributed by atoms with Gasteiger partial charge in [0, 0.05) is 16.0 Å². The predicted octanol–water partition coefficient (Wildman–Crippen LogP) is 2.93. The van der Waals surface area contributed by atoms with E-state index in [4.69, 9.17) is 5.26 Å². The second-order valence-corrected chi connectivity index (χ2v) is 7.64. The van der Waals surface area contributed by atoms with E-state index in [1.807, 2.05) is 13.0 Å². The fourth-order valence-corrected chi connectivity index (χ4v) is 4.44. The molecule has 1 heterocycles. The van der Waals surface area contributed by atoms with Gasteiger partial charge in [-0.25, -0.2) is 8.42 Å². The third-order valence-corrected chi connectivity index (χ3v) is 5.94. The van der Waals surface area contributed by atoms with Gasteiger partial charge in [-0.15, -0.1) is 0 Å². The standard InChI is InChI=1S/C12H10Br2N4O2S/c1-7-3-10(14)11(4-9(7)13)21(19,20)17-12-8(5-15)6-16-18(12)2/h3-4,6,17H,1-2H3. The number of hydrogen-bond acceptors (Lipinski definition) is 4. The van der Waals surface area contributed by atoms with Crippen molar-refractivity contribution in [3.63, 3.8) is 0 Å². The molecule has 1 aromatic carbocycles. The van der Waals surface area contributed by atoms with E-state index in [0.29, 0.717) is 8.95 Å². The lowest BCUT2D eigenvalue weighted by Crippen LogP contribution is -2.17. The Bertz CT molecular complexity index is 853. The maximum Gasteiger partial charge on any atom is 0.264 e. The minimum Gasteiger partial charge on any atom is -0.262 e. The van der Waals surface area contributed by atoms with Crippen LogP contribution in [0, 0.1) is 18.3 Å². The molecule has 0 spiro atoms. The Labute approximate surface area is 139 Å². The van der Waals surface area contributed by atoms with Gasteiger partial charge in [0.25, 0.3) is 10.0 Å². The van der Waals surface area contributed by atoms with Crippen molar-refractivity contribution >= 4 is 47.7 Å². The van der Waals surface area contributed by atoms with Gasteiger partial charge in [-0.1, -0.05) is 15.9 Å². The van der Waals surface area contributed by atoms with E-state index in [2.05, 4.69) is 41.7 Å². The molecule has 1 aromatic heterocycles. The number of benzene rings is 1. The molecule has 2 aromatic rings. The molecule has 1 N–H and O–H groups in total. The van der Waals surface area contributed by atoms with Crippen LogP contribution in [0.15, 0.2) is 32.2 Å². The first-order chi connectivity index (χ1) is 9.76. The molecule has 0 saturated carbocycles. The van der Waals surface area contributed by atoms with Crippen molar-refractivity contribution in [3.05, 3.63) is 38.4 Å². The molecule has 9 heteroatoms. The van der Waals surface area contributed by atoms with E-state index < -0.39 is 10.0 Å². The van der Waals surface area contributed by atoms with Gasteiger partial charge in [-0.3, -0.25) is 9.40 Å². The number of nitrogens with zero attached hydrogens (tertiary/aromatic N) is 3. The first-order valence-corrected chi connectivity index (χ1v) is 8.73. The number of anilines is 1. The highest BCUT2D eigenvalue weighted by atomic mass is 79.9. The number of nitrogens with one attached hydrogen (secondary N) is 1. The van der Waals surface area contributed by atoms with E-state index in [1.54, 1.807) is 13.1 Å². The number of sulfonamides is 1. The van der Waals surface area contributed by atoms with Crippen LogP contribution in [-0.2, 0) is 17.1 Å². The number of halogens is 2. The largest absolute Gasteiger partial charge is 0.264 e. The highest BCUT2D eigenvalue weighted by Gasteiger charge is 2.22. The SMILES string of the molecule is Cc1cc(Br)c(S(=O)(=O)Nc2c(C#N)cnn2C)cc1Br. The van der Waals surface area contributed by atoms with Crippen molar-refractivity contribution in [1.29, 1.82) is 5.26 Å². The van der Waals surface area contributed by atoms with Gasteiger partial charge in [0.1, 0.15) is 16.5 Å². The lowest BCUT2D eigenvalue weighted by molar-refractivity contribution is 0.599. The topological polar surface area (TPSA) is 87.8 Å². The lowest BCUT2D eigenvalue weighted by Gasteiger charge is -2.11. The lowest BCUT2D eigenvalue weighted by atomic mass is 10.2. The average molecular weight is 434 g/mol. The molecule has 0 fully saturated rings. The summed E-state index contributed by atoms with van der Waals surface area (Å²) < 4.78 is 29.8. The summed E-state index contributed by atoms with van der Waals surface area (Å²) in [5, 5.41) is 12.8. The monoisotopic (exact) mass is 432 g/mol. The molecule has 0 radical (unpaired) electrons. The van der Waals surface area contributed by atoms with Crippen LogP contribution in [0.2, 0.25) is 0 Å². The van der Waals surface area contributed by atoms with Crippen LogP contribution in [0.25, 0.3) is 0 Å². The van der Waals surface area contributed by atoms with Crippen LogP contribution in [0.5, 0.6) is 0 Å². The molecule has 2 rings (SSSR count). The fourth-order valence-electron chi connectivity index (χ4n) is 1.66. The summed E-state index contributed by atoms with van der Waals surface area (Å²) >= 11 is 6.56. The van der Waals surface area contributed by atoms with E-state index in [9.17, 15) is 8.42 Å². The van der Waals surface area contributed by atoms with E-state index >= 15 is 0 Å². The van der Waals surface area contributed by atoms with Crippen molar-refractivity contribution in [2.75, 3.05) is 4.72 Å². The fraction of sp³-hybridized carbons (Fsp3) is 0.167. The molecular formula is C12H10Br2N4O2S. The first kappa shape index (κ1) is 16.0. The quantitative estimate of drug-likeness (QED) is 0.805. The maximum atomic E-state index is 12.5. The first-order valence-electron chi connectivity index (χ1n) is 5.67. The number of aryl methyl sites for hydroxylation is 2. The van der Waals surface area contributed by atoms with Gasteiger partial charge in [0.05, 0.1) is 6.20 Å². The van der Waals surface area contributed by atoms with Crippen molar-refractivity contribution in [2.45, 2.75) is 11.8 Å². The van der Waals surface area contributed by atoms with Crippen LogP contribution in [-0.4, -0.2) is 18.2 Å². The molecular weight excluding hydrogens is 424 g/mol. The summed E-state index contributed by atoms with van der Waals surface area (Å²) in [6.45, 7) is 1.85. The van der Waals surface area contributed by atoms with Crippen molar-refractivity contribution in [2.24, 2.45) is 7.05 Å². The molecule has 0 aliphatic heterocycles. The highest BCUT2D eigenvalue weighted by Crippen LogP contribution is 2.30. The zero-order valence-corrected chi connectivity index (χ0v) is 15.0. The summed E-state index contributed by atoms with van der Waals surface area (Å²) in [6, 6.07) is 5.10. The second-order valence-electron chi connectivity index (χ2n) is 4.28. The van der Waals surface area contributed by atoms with Crippen LogP contribution in [0.4, 0.5) is 5.82 Å². The van der Waals surface area contributed by atoms with E-state index in [0.717, 1.165) is 5.56 Å². The molecule has 0 bridgehead atoms. The Hall–Kier alpha value is -1.37. The van der Waals surface area contributed by atoms with E-state index in [-0.39, 0.29) is 16.3 Å². The summed E-state index contributed by atoms with van der Waals surface area (Å²) in [5.41, 5.74) is 1.06. The normalized spacial score (nSPS) is 11.2. The molecule has 110 valence electrons. The zero-order chi connectivity index (χ0) is 15.8. The third kappa shape index (κ3) is 3.12. The minimum absolute atomic E-state index is 0.0741. The van der Waals surface area contributed by atoms with Crippen molar-refractivity contribution < 1.29 is 8.42 Å². The highest BCUT2D eigenvalue weighted by molar-refractivity contribution is 9.11. The van der Waals surface area contributed by atoms with Crippen molar-refractivity contribution in [1.82, 2.24) is 9.78 Å². The molecule has 0 unspecified atom stereocenters. The van der Waals surface area contributed by atoms with Gasteiger partial charge in [0.2, 0.25) is 0 Å². The Morgan fingerprint density at radius 3 is 2.62 bits per heavy atom. The molecule has 0 amide bonds. The smallest absolute Gasteiger partial charge is 0.262 e. The number of rotatable bonds is 3. The third-order valence-electron chi connectivity index (χ3n) is 2.79. The van der Waals surface area contributed by atoms with Crippen LogP contribution in [0.3, 0.4) is 0 Å². The molecule has 0 aliphatic carbocycles. The molecule has 0 atom stereocenters. The minimum atomic E-state index is -3.85. The van der Waals surface area contributed by atoms with E-state index in [1.165, 1.54) is 16.9 Å². The van der Waals surface area contributed by atoms with Crippen LogP contribution < -0.4 is 4.72 Å². The summed E-state index contributed by atoms with van der Waals surface area (Å²) in [7, 11) is -2.29. The van der Waals surface area contributed by atoms with Gasteiger partial charge in [-0.05, 0) is 40.5 Å². The number of nitriles is 1. The Morgan fingerprint density at radius 1 is 1.33 bits per heavy atom. The van der Waals surface area contributed by atoms with Crippen LogP contribution in [0.1, 0.15) is 11.1 Å². The van der Waals surface area contributed by atoms with Gasteiger partial charge in [-0.2, -0.15) is 10.4 Å².